The van der Waals surface area contributed by atoms with Gasteiger partial charge in [0.15, 0.2) is 0 Å². The van der Waals surface area contributed by atoms with Crippen molar-refractivity contribution in [2.75, 3.05) is 0 Å². The Hall–Kier alpha value is -1.77. The second-order valence-corrected chi connectivity index (χ2v) is 7.46. The fourth-order valence-electron chi connectivity index (χ4n) is 2.53. The van der Waals surface area contributed by atoms with Gasteiger partial charge in [0.25, 0.3) is 5.56 Å². The first kappa shape index (κ1) is 14.6. The van der Waals surface area contributed by atoms with Gasteiger partial charge in [-0.15, -0.1) is 0 Å². The van der Waals surface area contributed by atoms with E-state index in [0.29, 0.717) is 10.9 Å². The molecule has 3 heteroatoms. The number of aromatic hydroxyl groups is 1. The predicted molar refractivity (Wildman–Crippen MR) is 83.6 cm³/mol. The zero-order chi connectivity index (χ0) is 15.3. The van der Waals surface area contributed by atoms with Crippen LogP contribution in [0, 0.1) is 0 Å². The van der Waals surface area contributed by atoms with Crippen molar-refractivity contribution in [1.82, 2.24) is 4.98 Å². The molecular formula is C17H23NO2. The van der Waals surface area contributed by atoms with Crippen molar-refractivity contribution < 1.29 is 5.11 Å². The summed E-state index contributed by atoms with van der Waals surface area (Å²) >= 11 is 0. The lowest BCUT2D eigenvalue weighted by Gasteiger charge is -2.30. The van der Waals surface area contributed by atoms with Crippen molar-refractivity contribution in [3.63, 3.8) is 0 Å². The molecule has 0 aliphatic carbocycles. The highest BCUT2D eigenvalue weighted by molar-refractivity contribution is 5.86. The Bertz CT molecular complexity index is 713. The maximum atomic E-state index is 11.5. The molecule has 0 fully saturated rings. The molecule has 1 aromatic carbocycles. The SMILES string of the molecule is CC(C)(C)c1cc2[nH]c(=O)cc(O)c2cc1C(C)(C)C. The quantitative estimate of drug-likeness (QED) is 0.766. The fourth-order valence-corrected chi connectivity index (χ4v) is 2.53. The van der Waals surface area contributed by atoms with E-state index in [1.165, 1.54) is 17.2 Å². The van der Waals surface area contributed by atoms with Crippen molar-refractivity contribution in [3.8, 4) is 5.75 Å². The first-order valence-electron chi connectivity index (χ1n) is 6.91. The number of aromatic nitrogens is 1. The fraction of sp³-hybridized carbons (Fsp3) is 0.471. The molecule has 0 amide bonds. The monoisotopic (exact) mass is 273 g/mol. The first-order chi connectivity index (χ1) is 9.00. The molecule has 0 aliphatic rings. The third-order valence-corrected chi connectivity index (χ3v) is 3.58. The molecule has 0 bridgehead atoms. The molecule has 1 heterocycles. The van der Waals surface area contributed by atoms with Gasteiger partial charge in [-0.05, 0) is 34.1 Å². The Labute approximate surface area is 119 Å². The largest absolute Gasteiger partial charge is 0.507 e. The lowest BCUT2D eigenvalue weighted by atomic mass is 9.74. The number of fused-ring (bicyclic) bond motifs is 1. The van der Waals surface area contributed by atoms with Gasteiger partial charge >= 0.3 is 0 Å². The number of H-pyrrole nitrogens is 1. The van der Waals surface area contributed by atoms with Crippen LogP contribution in [-0.4, -0.2) is 10.1 Å². The summed E-state index contributed by atoms with van der Waals surface area (Å²) in [6.07, 6.45) is 0. The summed E-state index contributed by atoms with van der Waals surface area (Å²) in [5.74, 6) is 0.0368. The standard InChI is InChI=1S/C17H23NO2/c1-16(2,3)11-7-10-13(8-12(11)17(4,5)6)18-15(20)9-14(10)19/h7-9H,1-6H3,(H2,18,19,20). The first-order valence-corrected chi connectivity index (χ1v) is 6.91. The lowest BCUT2D eigenvalue weighted by Crippen LogP contribution is -2.22. The van der Waals surface area contributed by atoms with Gasteiger partial charge in [0.2, 0.25) is 0 Å². The van der Waals surface area contributed by atoms with Crippen LogP contribution in [0.15, 0.2) is 23.0 Å². The van der Waals surface area contributed by atoms with Crippen molar-refractivity contribution in [2.45, 2.75) is 52.4 Å². The normalized spacial score (nSPS) is 12.9. The van der Waals surface area contributed by atoms with E-state index in [9.17, 15) is 9.90 Å². The molecule has 1 aromatic heterocycles. The zero-order valence-corrected chi connectivity index (χ0v) is 13.1. The van der Waals surface area contributed by atoms with Crippen molar-refractivity contribution in [2.24, 2.45) is 0 Å². The van der Waals surface area contributed by atoms with Crippen molar-refractivity contribution >= 4 is 10.9 Å². The Morgan fingerprint density at radius 2 is 1.40 bits per heavy atom. The molecule has 0 radical (unpaired) electrons. The van der Waals surface area contributed by atoms with Crippen molar-refractivity contribution in [3.05, 3.63) is 39.7 Å². The van der Waals surface area contributed by atoms with Gasteiger partial charge < -0.3 is 10.1 Å². The third-order valence-electron chi connectivity index (χ3n) is 3.58. The summed E-state index contributed by atoms with van der Waals surface area (Å²) in [4.78, 5) is 14.3. The smallest absolute Gasteiger partial charge is 0.252 e. The second-order valence-electron chi connectivity index (χ2n) is 7.46. The Morgan fingerprint density at radius 3 is 1.90 bits per heavy atom. The lowest BCUT2D eigenvalue weighted by molar-refractivity contribution is 0.480. The molecule has 2 N–H and O–H groups in total. The maximum absolute atomic E-state index is 11.5. The van der Waals surface area contributed by atoms with Crippen LogP contribution in [0.2, 0.25) is 0 Å². The molecule has 0 saturated heterocycles. The van der Waals surface area contributed by atoms with Gasteiger partial charge in [0.05, 0.1) is 5.52 Å². The molecule has 2 aromatic rings. The van der Waals surface area contributed by atoms with Gasteiger partial charge in [-0.2, -0.15) is 0 Å². The summed E-state index contributed by atoms with van der Waals surface area (Å²) < 4.78 is 0. The third kappa shape index (κ3) is 2.58. The van der Waals surface area contributed by atoms with Crippen LogP contribution in [0.3, 0.4) is 0 Å². The van der Waals surface area contributed by atoms with Gasteiger partial charge in [0.1, 0.15) is 5.75 Å². The summed E-state index contributed by atoms with van der Waals surface area (Å²) in [5, 5.41) is 10.7. The Balaban J connectivity index is 2.93. The molecule has 108 valence electrons. The molecule has 0 atom stereocenters. The van der Waals surface area contributed by atoms with E-state index in [1.54, 1.807) is 0 Å². The van der Waals surface area contributed by atoms with Gasteiger partial charge in [-0.1, -0.05) is 41.5 Å². The number of hydrogen-bond donors (Lipinski definition) is 2. The highest BCUT2D eigenvalue weighted by Gasteiger charge is 2.26. The van der Waals surface area contributed by atoms with Crippen LogP contribution in [0.25, 0.3) is 10.9 Å². The molecule has 0 spiro atoms. The topological polar surface area (TPSA) is 53.1 Å². The highest BCUT2D eigenvalue weighted by atomic mass is 16.3. The van der Waals surface area contributed by atoms with Gasteiger partial charge in [-0.25, -0.2) is 0 Å². The molecule has 3 nitrogen and oxygen atoms in total. The molecular weight excluding hydrogens is 250 g/mol. The predicted octanol–water partition coefficient (Wildman–Crippen LogP) is 3.83. The summed E-state index contributed by atoms with van der Waals surface area (Å²) in [6, 6.07) is 5.23. The zero-order valence-electron chi connectivity index (χ0n) is 13.1. The number of aromatic amines is 1. The van der Waals surface area contributed by atoms with Crippen LogP contribution in [0.4, 0.5) is 0 Å². The maximum Gasteiger partial charge on any atom is 0.252 e. The minimum atomic E-state index is -0.279. The summed E-state index contributed by atoms with van der Waals surface area (Å²) in [5.41, 5.74) is 2.74. The number of benzene rings is 1. The van der Waals surface area contributed by atoms with E-state index in [2.05, 4.69) is 46.5 Å². The van der Waals surface area contributed by atoms with Crippen LogP contribution >= 0.6 is 0 Å². The van der Waals surface area contributed by atoms with Gasteiger partial charge in [0, 0.05) is 11.5 Å². The summed E-state index contributed by atoms with van der Waals surface area (Å²) in [7, 11) is 0. The minimum Gasteiger partial charge on any atom is -0.507 e. The number of hydrogen-bond acceptors (Lipinski definition) is 2. The Morgan fingerprint density at radius 1 is 0.900 bits per heavy atom. The number of nitrogens with one attached hydrogen (secondary N) is 1. The summed E-state index contributed by atoms with van der Waals surface area (Å²) in [6.45, 7) is 12.9. The van der Waals surface area contributed by atoms with E-state index < -0.39 is 0 Å². The Kier molecular flexibility index (Phi) is 3.20. The number of rotatable bonds is 0. The van der Waals surface area contributed by atoms with E-state index in [0.717, 1.165) is 0 Å². The molecule has 20 heavy (non-hydrogen) atoms. The van der Waals surface area contributed by atoms with Crippen LogP contribution < -0.4 is 5.56 Å². The molecule has 0 saturated carbocycles. The average Bonchev–Trinajstić information content (AvgIpc) is 2.24. The molecule has 2 rings (SSSR count). The van der Waals surface area contributed by atoms with Crippen LogP contribution in [-0.2, 0) is 10.8 Å². The number of pyridine rings is 1. The minimum absolute atomic E-state index is 0.0284. The average molecular weight is 273 g/mol. The van der Waals surface area contributed by atoms with Crippen LogP contribution in [0.5, 0.6) is 5.75 Å². The van der Waals surface area contributed by atoms with E-state index in [-0.39, 0.29) is 22.1 Å². The molecule has 0 unspecified atom stereocenters. The van der Waals surface area contributed by atoms with E-state index in [4.69, 9.17) is 0 Å². The van der Waals surface area contributed by atoms with Crippen molar-refractivity contribution in [1.29, 1.82) is 0 Å². The second kappa shape index (κ2) is 4.37. The highest BCUT2D eigenvalue weighted by Crippen LogP contribution is 2.37. The van der Waals surface area contributed by atoms with E-state index in [1.807, 2.05) is 12.1 Å². The molecule has 0 aliphatic heterocycles. The van der Waals surface area contributed by atoms with E-state index >= 15 is 0 Å². The van der Waals surface area contributed by atoms with Crippen LogP contribution in [0.1, 0.15) is 52.7 Å². The van der Waals surface area contributed by atoms with Gasteiger partial charge in [-0.3, -0.25) is 4.79 Å².